The van der Waals surface area contributed by atoms with Crippen LogP contribution in [-0.2, 0) is 4.79 Å². The molecule has 1 saturated heterocycles. The maximum atomic E-state index is 13.2. The average molecular weight is 453 g/mol. The molecule has 2 atom stereocenters. The van der Waals surface area contributed by atoms with E-state index in [9.17, 15) is 14.0 Å². The molecule has 0 aromatic heterocycles. The highest BCUT2D eigenvalue weighted by molar-refractivity contribution is 6.30. The van der Waals surface area contributed by atoms with Gasteiger partial charge in [0, 0.05) is 21.7 Å². The molecule has 0 aliphatic carbocycles. The van der Waals surface area contributed by atoms with Gasteiger partial charge in [-0.2, -0.15) is 0 Å². The first-order valence-electron chi connectivity index (χ1n) is 9.84. The molecule has 1 fully saturated rings. The number of ether oxygens (including phenoxy) is 1. The molecule has 2 amide bonds. The van der Waals surface area contributed by atoms with Crippen molar-refractivity contribution in [2.24, 2.45) is 0 Å². The van der Waals surface area contributed by atoms with E-state index in [-0.39, 0.29) is 11.5 Å². The topological polar surface area (TPSA) is 70.4 Å². The molecular formula is C24H20ClFN3O3+. The van der Waals surface area contributed by atoms with Crippen molar-refractivity contribution in [1.29, 1.82) is 0 Å². The number of carbonyl (C=O) groups excluding carboxylic acids is 2. The third-order valence-electron chi connectivity index (χ3n) is 5.15. The highest BCUT2D eigenvalue weighted by atomic mass is 35.5. The van der Waals surface area contributed by atoms with Crippen LogP contribution in [-0.4, -0.2) is 35.9 Å². The van der Waals surface area contributed by atoms with Gasteiger partial charge in [-0.25, -0.2) is 4.39 Å². The van der Waals surface area contributed by atoms with Crippen molar-refractivity contribution in [3.63, 3.8) is 0 Å². The summed E-state index contributed by atoms with van der Waals surface area (Å²) in [7, 11) is 1.59. The Labute approximate surface area is 189 Å². The van der Waals surface area contributed by atoms with Crippen molar-refractivity contribution in [3.05, 3.63) is 100 Å². The van der Waals surface area contributed by atoms with E-state index in [1.807, 2.05) is 24.3 Å². The van der Waals surface area contributed by atoms with Gasteiger partial charge in [-0.1, -0.05) is 23.7 Å². The number of benzene rings is 3. The van der Waals surface area contributed by atoms with Crippen molar-refractivity contribution in [2.45, 2.75) is 12.1 Å². The van der Waals surface area contributed by atoms with Crippen LogP contribution in [0.4, 0.5) is 4.39 Å². The van der Waals surface area contributed by atoms with Gasteiger partial charge in [0.15, 0.2) is 6.04 Å². The van der Waals surface area contributed by atoms with Crippen molar-refractivity contribution >= 4 is 29.6 Å². The summed E-state index contributed by atoms with van der Waals surface area (Å²) in [5, 5.41) is 3.33. The SMILES string of the molecule is COc1ccc(/C=[N+]2\NC(=O)[C@@H](NC(=O)c3ccc(F)cc3)[C@@H]2c2ccc(Cl)cc2)cc1. The molecule has 162 valence electrons. The fourth-order valence-corrected chi connectivity index (χ4v) is 3.64. The van der Waals surface area contributed by atoms with Crippen LogP contribution in [0.1, 0.15) is 27.5 Å². The molecule has 0 bridgehead atoms. The fourth-order valence-electron chi connectivity index (χ4n) is 3.52. The van der Waals surface area contributed by atoms with Gasteiger partial charge >= 0.3 is 5.91 Å². The predicted octanol–water partition coefficient (Wildman–Crippen LogP) is 3.50. The first-order chi connectivity index (χ1) is 15.4. The second kappa shape index (κ2) is 9.20. The second-order valence-corrected chi connectivity index (χ2v) is 7.68. The van der Waals surface area contributed by atoms with E-state index in [1.54, 1.807) is 42.3 Å². The summed E-state index contributed by atoms with van der Waals surface area (Å²) in [6.45, 7) is 0. The van der Waals surface area contributed by atoms with Crippen LogP contribution in [0, 0.1) is 5.82 Å². The molecule has 1 aliphatic heterocycles. The van der Waals surface area contributed by atoms with E-state index in [0.29, 0.717) is 10.8 Å². The largest absolute Gasteiger partial charge is 0.497 e. The van der Waals surface area contributed by atoms with Gasteiger partial charge in [-0.05, 0) is 60.7 Å². The predicted molar refractivity (Wildman–Crippen MR) is 118 cm³/mol. The number of nitrogens with zero attached hydrogens (tertiary/aromatic N) is 1. The van der Waals surface area contributed by atoms with E-state index < -0.39 is 23.8 Å². The molecule has 0 spiro atoms. The summed E-state index contributed by atoms with van der Waals surface area (Å²) < 4.78 is 20.1. The molecule has 3 aromatic rings. The lowest BCUT2D eigenvalue weighted by atomic mass is 9.99. The van der Waals surface area contributed by atoms with Crippen LogP contribution < -0.4 is 15.5 Å². The zero-order chi connectivity index (χ0) is 22.7. The molecule has 4 rings (SSSR count). The van der Waals surface area contributed by atoms with Gasteiger partial charge in [-0.15, -0.1) is 10.1 Å². The molecular weight excluding hydrogens is 433 g/mol. The summed E-state index contributed by atoms with van der Waals surface area (Å²) >= 11 is 6.04. The lowest BCUT2D eigenvalue weighted by Gasteiger charge is -2.15. The van der Waals surface area contributed by atoms with Crippen molar-refractivity contribution in [2.75, 3.05) is 7.11 Å². The average Bonchev–Trinajstić information content (AvgIpc) is 3.09. The smallest absolute Gasteiger partial charge is 0.304 e. The van der Waals surface area contributed by atoms with E-state index >= 15 is 0 Å². The van der Waals surface area contributed by atoms with Crippen molar-refractivity contribution in [3.8, 4) is 5.75 Å². The van der Waals surface area contributed by atoms with Crippen LogP contribution in [0.25, 0.3) is 0 Å². The highest BCUT2D eigenvalue weighted by Crippen LogP contribution is 2.27. The van der Waals surface area contributed by atoms with Gasteiger partial charge in [0.25, 0.3) is 5.91 Å². The minimum absolute atomic E-state index is 0.256. The maximum absolute atomic E-state index is 13.2. The standard InChI is InChI=1S/C24H19ClFN3O3/c1-32-20-12-2-15(3-13-20)14-29-22(16-4-8-18(25)9-5-16)21(24(31)28-29)27-23(30)17-6-10-19(26)11-7-17/h2-14,21-22H,1H3,(H-,27,28,30,31)/p+1/b29-14-/t21-,22-/m0/s1. The Bertz CT molecular complexity index is 1160. The first kappa shape index (κ1) is 21.5. The fraction of sp³-hybridized carbons (Fsp3) is 0.125. The molecule has 32 heavy (non-hydrogen) atoms. The zero-order valence-corrected chi connectivity index (χ0v) is 17.8. The van der Waals surface area contributed by atoms with Crippen LogP contribution in [0.15, 0.2) is 72.8 Å². The highest BCUT2D eigenvalue weighted by Gasteiger charge is 2.47. The normalized spacial score (nSPS) is 19.0. The van der Waals surface area contributed by atoms with E-state index in [4.69, 9.17) is 16.3 Å². The summed E-state index contributed by atoms with van der Waals surface area (Å²) in [5.41, 5.74) is 4.67. The molecule has 8 heteroatoms. The van der Waals surface area contributed by atoms with Crippen LogP contribution >= 0.6 is 11.6 Å². The number of halogens is 2. The first-order valence-corrected chi connectivity index (χ1v) is 10.2. The number of hydrazone groups is 1. The number of hydrogen-bond donors (Lipinski definition) is 2. The number of nitrogens with one attached hydrogen (secondary N) is 2. The minimum atomic E-state index is -0.886. The monoisotopic (exact) mass is 452 g/mol. The molecule has 0 unspecified atom stereocenters. The number of carbonyl (C=O) groups is 2. The van der Waals surface area contributed by atoms with Crippen LogP contribution in [0.3, 0.4) is 0 Å². The summed E-state index contributed by atoms with van der Waals surface area (Å²) in [4.78, 5) is 25.6. The number of hydrazine groups is 1. The Morgan fingerprint density at radius 3 is 2.34 bits per heavy atom. The Hall–Kier alpha value is -3.71. The van der Waals surface area contributed by atoms with Crippen LogP contribution in [0.5, 0.6) is 5.75 Å². The van der Waals surface area contributed by atoms with E-state index in [0.717, 1.165) is 11.1 Å². The number of methoxy groups -OCH3 is 1. The van der Waals surface area contributed by atoms with Crippen molar-refractivity contribution < 1.29 is 23.4 Å². The quantitative estimate of drug-likeness (QED) is 0.582. The Balaban J connectivity index is 1.68. The summed E-state index contributed by atoms with van der Waals surface area (Å²) in [6.07, 6.45) is 1.78. The molecule has 1 heterocycles. The van der Waals surface area contributed by atoms with E-state index in [1.165, 1.54) is 24.3 Å². The lowest BCUT2D eigenvalue weighted by Crippen LogP contribution is -2.42. The zero-order valence-electron chi connectivity index (χ0n) is 17.1. The Kier molecular flexibility index (Phi) is 6.18. The van der Waals surface area contributed by atoms with Gasteiger partial charge in [0.2, 0.25) is 12.3 Å². The van der Waals surface area contributed by atoms with E-state index in [2.05, 4.69) is 10.7 Å². The van der Waals surface area contributed by atoms with Crippen molar-refractivity contribution in [1.82, 2.24) is 10.7 Å². The Morgan fingerprint density at radius 2 is 1.72 bits per heavy atom. The lowest BCUT2D eigenvalue weighted by molar-refractivity contribution is -0.596. The van der Waals surface area contributed by atoms with Gasteiger partial charge in [-0.3, -0.25) is 9.59 Å². The third kappa shape index (κ3) is 4.63. The number of rotatable bonds is 5. The van der Waals surface area contributed by atoms with Gasteiger partial charge in [0.1, 0.15) is 11.6 Å². The summed E-state index contributed by atoms with van der Waals surface area (Å²) in [6, 6.07) is 18.1. The number of amides is 2. The molecule has 6 nitrogen and oxygen atoms in total. The molecule has 1 aliphatic rings. The third-order valence-corrected chi connectivity index (χ3v) is 5.40. The molecule has 0 radical (unpaired) electrons. The maximum Gasteiger partial charge on any atom is 0.304 e. The second-order valence-electron chi connectivity index (χ2n) is 7.24. The molecule has 2 N–H and O–H groups in total. The molecule has 0 saturated carbocycles. The molecule has 3 aromatic carbocycles. The van der Waals surface area contributed by atoms with Crippen LogP contribution in [0.2, 0.25) is 5.02 Å². The van der Waals surface area contributed by atoms with Gasteiger partial charge < -0.3 is 10.1 Å². The summed E-state index contributed by atoms with van der Waals surface area (Å²) in [5.74, 6) is -0.577. The number of hydrogen-bond acceptors (Lipinski definition) is 3. The Morgan fingerprint density at radius 1 is 1.06 bits per heavy atom. The minimum Gasteiger partial charge on any atom is -0.497 e. The van der Waals surface area contributed by atoms with Gasteiger partial charge in [0.05, 0.1) is 7.11 Å².